The number of aryl methyl sites for hydroxylation is 1. The van der Waals surface area contributed by atoms with E-state index in [0.717, 1.165) is 56.6 Å². The van der Waals surface area contributed by atoms with Gasteiger partial charge in [0.15, 0.2) is 0 Å². The SMILES string of the molecule is CCCO[C@@H]1CC[C@H](C(=O)N2CCCCC2)C[C@H]1NC(=O)Cc1nc[nH]c1C. The van der Waals surface area contributed by atoms with E-state index < -0.39 is 0 Å². The Morgan fingerprint density at radius 1 is 1.29 bits per heavy atom. The van der Waals surface area contributed by atoms with E-state index in [9.17, 15) is 9.59 Å². The average Bonchev–Trinajstić information content (AvgIpc) is 3.11. The van der Waals surface area contributed by atoms with Gasteiger partial charge in [0.25, 0.3) is 0 Å². The highest BCUT2D eigenvalue weighted by molar-refractivity contribution is 5.80. The molecule has 2 fully saturated rings. The van der Waals surface area contributed by atoms with Crippen molar-refractivity contribution in [2.45, 2.75) is 77.4 Å². The van der Waals surface area contributed by atoms with Crippen LogP contribution in [0.5, 0.6) is 0 Å². The van der Waals surface area contributed by atoms with E-state index in [1.54, 1.807) is 6.33 Å². The van der Waals surface area contributed by atoms with E-state index in [0.29, 0.717) is 13.0 Å². The minimum absolute atomic E-state index is 0.0167. The van der Waals surface area contributed by atoms with Gasteiger partial charge in [0.2, 0.25) is 11.8 Å². The number of piperidine rings is 1. The summed E-state index contributed by atoms with van der Waals surface area (Å²) in [6.07, 6.45) is 8.52. The molecule has 28 heavy (non-hydrogen) atoms. The molecule has 3 atom stereocenters. The van der Waals surface area contributed by atoms with Gasteiger partial charge in [-0.05, 0) is 51.9 Å². The van der Waals surface area contributed by atoms with Crippen molar-refractivity contribution in [3.63, 3.8) is 0 Å². The number of nitrogens with one attached hydrogen (secondary N) is 2. The average molecular weight is 391 g/mol. The minimum atomic E-state index is -0.120. The van der Waals surface area contributed by atoms with Gasteiger partial charge in [0.1, 0.15) is 0 Å². The molecule has 1 aliphatic heterocycles. The summed E-state index contributed by atoms with van der Waals surface area (Å²) >= 11 is 0. The highest BCUT2D eigenvalue weighted by atomic mass is 16.5. The van der Waals surface area contributed by atoms with Gasteiger partial charge >= 0.3 is 0 Å². The van der Waals surface area contributed by atoms with E-state index in [-0.39, 0.29) is 36.3 Å². The largest absolute Gasteiger partial charge is 0.376 e. The maximum absolute atomic E-state index is 13.0. The lowest BCUT2D eigenvalue weighted by Crippen LogP contribution is -2.51. The van der Waals surface area contributed by atoms with Crippen LogP contribution in [0.2, 0.25) is 0 Å². The molecule has 0 unspecified atom stereocenters. The molecule has 0 aromatic carbocycles. The van der Waals surface area contributed by atoms with Crippen molar-refractivity contribution in [2.75, 3.05) is 19.7 Å². The predicted octanol–water partition coefficient (Wildman–Crippen LogP) is 2.35. The van der Waals surface area contributed by atoms with Crippen LogP contribution in [0.4, 0.5) is 0 Å². The number of imidazole rings is 1. The van der Waals surface area contributed by atoms with E-state index in [4.69, 9.17) is 4.74 Å². The number of hydrogen-bond donors (Lipinski definition) is 2. The summed E-state index contributed by atoms with van der Waals surface area (Å²) in [5, 5.41) is 3.14. The number of aromatic nitrogens is 2. The molecule has 3 rings (SSSR count). The fraction of sp³-hybridized carbons (Fsp3) is 0.762. The van der Waals surface area contributed by atoms with E-state index in [2.05, 4.69) is 22.2 Å². The second-order valence-corrected chi connectivity index (χ2v) is 8.13. The molecule has 2 amide bonds. The van der Waals surface area contributed by atoms with Gasteiger partial charge in [-0.2, -0.15) is 0 Å². The third-order valence-corrected chi connectivity index (χ3v) is 5.95. The molecule has 7 nitrogen and oxygen atoms in total. The first-order valence-electron chi connectivity index (χ1n) is 10.8. The van der Waals surface area contributed by atoms with E-state index in [1.165, 1.54) is 6.42 Å². The summed E-state index contributed by atoms with van der Waals surface area (Å²) in [6.45, 7) is 6.43. The van der Waals surface area contributed by atoms with Crippen molar-refractivity contribution in [2.24, 2.45) is 5.92 Å². The summed E-state index contributed by atoms with van der Waals surface area (Å²) in [7, 11) is 0. The number of amides is 2. The molecule has 1 aromatic rings. The molecule has 2 N–H and O–H groups in total. The zero-order chi connectivity index (χ0) is 19.9. The van der Waals surface area contributed by atoms with Crippen molar-refractivity contribution in [3.8, 4) is 0 Å². The second kappa shape index (κ2) is 10.0. The fourth-order valence-corrected chi connectivity index (χ4v) is 4.34. The topological polar surface area (TPSA) is 87.3 Å². The van der Waals surface area contributed by atoms with Crippen LogP contribution in [0, 0.1) is 12.8 Å². The Labute approximate surface area is 167 Å². The Balaban J connectivity index is 1.61. The van der Waals surface area contributed by atoms with Gasteiger partial charge in [0.05, 0.1) is 30.6 Å². The van der Waals surface area contributed by atoms with E-state index >= 15 is 0 Å². The van der Waals surface area contributed by atoms with Gasteiger partial charge in [-0.1, -0.05) is 6.92 Å². The molecule has 0 bridgehead atoms. The number of ether oxygens (including phenoxy) is 1. The zero-order valence-corrected chi connectivity index (χ0v) is 17.2. The fourth-order valence-electron chi connectivity index (χ4n) is 4.34. The van der Waals surface area contributed by atoms with Crippen molar-refractivity contribution in [1.29, 1.82) is 0 Å². The zero-order valence-electron chi connectivity index (χ0n) is 17.2. The number of aromatic amines is 1. The lowest BCUT2D eigenvalue weighted by atomic mass is 9.82. The Morgan fingerprint density at radius 2 is 2.07 bits per heavy atom. The summed E-state index contributed by atoms with van der Waals surface area (Å²) in [5.41, 5.74) is 1.68. The van der Waals surface area contributed by atoms with Crippen LogP contribution >= 0.6 is 0 Å². The van der Waals surface area contributed by atoms with E-state index in [1.807, 2.05) is 11.8 Å². The number of rotatable bonds is 7. The predicted molar refractivity (Wildman–Crippen MR) is 107 cm³/mol. The van der Waals surface area contributed by atoms with Crippen LogP contribution in [0.25, 0.3) is 0 Å². The second-order valence-electron chi connectivity index (χ2n) is 8.13. The van der Waals surface area contributed by atoms with Crippen LogP contribution in [0.3, 0.4) is 0 Å². The number of hydrogen-bond acceptors (Lipinski definition) is 4. The molecular weight excluding hydrogens is 356 g/mol. The first-order valence-corrected chi connectivity index (χ1v) is 10.8. The number of nitrogens with zero attached hydrogens (tertiary/aromatic N) is 2. The molecule has 1 aromatic heterocycles. The van der Waals surface area contributed by atoms with Crippen LogP contribution in [0.1, 0.15) is 63.3 Å². The smallest absolute Gasteiger partial charge is 0.226 e. The molecule has 1 aliphatic carbocycles. The number of carbonyl (C=O) groups is 2. The first-order chi connectivity index (χ1) is 13.6. The van der Waals surface area contributed by atoms with Crippen LogP contribution in [-0.2, 0) is 20.7 Å². The van der Waals surface area contributed by atoms with Crippen molar-refractivity contribution >= 4 is 11.8 Å². The minimum Gasteiger partial charge on any atom is -0.376 e. The summed E-state index contributed by atoms with van der Waals surface area (Å²) in [4.78, 5) is 34.8. The Bertz CT molecular complexity index is 654. The maximum Gasteiger partial charge on any atom is 0.226 e. The van der Waals surface area contributed by atoms with Gasteiger partial charge < -0.3 is 19.9 Å². The van der Waals surface area contributed by atoms with Gasteiger partial charge in [-0.15, -0.1) is 0 Å². The van der Waals surface area contributed by atoms with Gasteiger partial charge in [-0.3, -0.25) is 9.59 Å². The molecule has 7 heteroatoms. The Kier molecular flexibility index (Phi) is 7.48. The third kappa shape index (κ3) is 5.34. The van der Waals surface area contributed by atoms with Crippen LogP contribution < -0.4 is 5.32 Å². The molecule has 1 saturated heterocycles. The highest BCUT2D eigenvalue weighted by Gasteiger charge is 2.37. The standard InChI is InChI=1S/C21H34N4O3/c1-3-11-28-19-8-7-16(21(27)25-9-5-4-6-10-25)12-18(19)24-20(26)13-17-15(2)22-14-23-17/h14,16,18-19H,3-13H2,1-2H3,(H,22,23)(H,24,26)/t16-,18+,19+/m0/s1. The third-order valence-electron chi connectivity index (χ3n) is 5.95. The molecular formula is C21H34N4O3. The van der Waals surface area contributed by atoms with Crippen molar-refractivity contribution < 1.29 is 14.3 Å². The number of likely N-dealkylation sites (tertiary alicyclic amines) is 1. The first kappa shape index (κ1) is 20.8. The Morgan fingerprint density at radius 3 is 2.75 bits per heavy atom. The highest BCUT2D eigenvalue weighted by Crippen LogP contribution is 2.29. The number of carbonyl (C=O) groups excluding carboxylic acids is 2. The molecule has 2 heterocycles. The maximum atomic E-state index is 13.0. The van der Waals surface area contributed by atoms with Crippen LogP contribution in [0.15, 0.2) is 6.33 Å². The van der Waals surface area contributed by atoms with Crippen molar-refractivity contribution in [3.05, 3.63) is 17.7 Å². The quantitative estimate of drug-likeness (QED) is 0.748. The normalized spacial score (nSPS) is 25.5. The Hall–Kier alpha value is -1.89. The molecule has 0 radical (unpaired) electrons. The van der Waals surface area contributed by atoms with Crippen LogP contribution in [-0.4, -0.2) is 58.5 Å². The summed E-state index contributed by atoms with van der Waals surface area (Å²) in [5.74, 6) is 0.185. The lowest BCUT2D eigenvalue weighted by Gasteiger charge is -2.38. The molecule has 0 spiro atoms. The molecule has 156 valence electrons. The van der Waals surface area contributed by atoms with Crippen molar-refractivity contribution in [1.82, 2.24) is 20.2 Å². The lowest BCUT2D eigenvalue weighted by molar-refractivity contribution is -0.140. The monoisotopic (exact) mass is 390 g/mol. The van der Waals surface area contributed by atoms with Gasteiger partial charge in [-0.25, -0.2) is 4.98 Å². The van der Waals surface area contributed by atoms with Gasteiger partial charge in [0, 0.05) is 31.3 Å². The molecule has 2 aliphatic rings. The number of H-pyrrole nitrogens is 1. The summed E-state index contributed by atoms with van der Waals surface area (Å²) < 4.78 is 6.02. The molecule has 1 saturated carbocycles. The summed E-state index contributed by atoms with van der Waals surface area (Å²) in [6, 6.07) is -0.120.